The summed E-state index contributed by atoms with van der Waals surface area (Å²) in [5, 5.41) is 2.70. The van der Waals surface area contributed by atoms with E-state index in [1.165, 1.54) is 18.9 Å². The van der Waals surface area contributed by atoms with E-state index in [0.29, 0.717) is 22.6 Å². The summed E-state index contributed by atoms with van der Waals surface area (Å²) in [7, 11) is 1.52. The highest BCUT2D eigenvalue weighted by atomic mass is 16.5. The Hall–Kier alpha value is -3.59. The van der Waals surface area contributed by atoms with Crippen molar-refractivity contribution in [3.8, 4) is 18.1 Å². The zero-order valence-electron chi connectivity index (χ0n) is 16.1. The van der Waals surface area contributed by atoms with Crippen LogP contribution in [0.3, 0.4) is 0 Å². The van der Waals surface area contributed by atoms with Crippen LogP contribution in [0.25, 0.3) is 0 Å². The summed E-state index contributed by atoms with van der Waals surface area (Å²) in [5.41, 5.74) is 1.71. The maximum atomic E-state index is 12.5. The summed E-state index contributed by atoms with van der Waals surface area (Å²) < 4.78 is 5.62. The van der Waals surface area contributed by atoms with Gasteiger partial charge in [0.15, 0.2) is 11.9 Å². The third kappa shape index (κ3) is 5.71. The number of carbonyl (C=O) groups excluding carboxylic acids is 3. The van der Waals surface area contributed by atoms with E-state index in [-0.39, 0.29) is 24.1 Å². The van der Waals surface area contributed by atoms with Gasteiger partial charge in [-0.1, -0.05) is 24.1 Å². The third-order valence-electron chi connectivity index (χ3n) is 3.97. The van der Waals surface area contributed by atoms with Crippen molar-refractivity contribution < 1.29 is 19.1 Å². The van der Waals surface area contributed by atoms with Crippen LogP contribution in [0.15, 0.2) is 48.5 Å². The van der Waals surface area contributed by atoms with Crippen LogP contribution in [0, 0.1) is 12.3 Å². The highest BCUT2D eigenvalue weighted by Crippen LogP contribution is 2.16. The second kappa shape index (κ2) is 9.38. The van der Waals surface area contributed by atoms with Crippen molar-refractivity contribution in [1.82, 2.24) is 4.90 Å². The van der Waals surface area contributed by atoms with Gasteiger partial charge in [-0.25, -0.2) is 0 Å². The van der Waals surface area contributed by atoms with Gasteiger partial charge in [0.2, 0.25) is 5.91 Å². The molecule has 2 aromatic rings. The predicted molar refractivity (Wildman–Crippen MR) is 107 cm³/mol. The Bertz CT molecular complexity index is 930. The smallest absolute Gasteiger partial charge is 0.263 e. The van der Waals surface area contributed by atoms with E-state index in [9.17, 15) is 14.4 Å². The Morgan fingerprint density at radius 1 is 1.18 bits per heavy atom. The minimum atomic E-state index is -0.815. The van der Waals surface area contributed by atoms with E-state index in [0.717, 1.165) is 0 Å². The number of terminal acetylenes is 1. The molecule has 0 saturated carbocycles. The fraction of sp³-hybridized carbons (Fsp3) is 0.227. The Kier molecular flexibility index (Phi) is 6.94. The highest BCUT2D eigenvalue weighted by molar-refractivity contribution is 5.95. The topological polar surface area (TPSA) is 75.7 Å². The molecule has 0 aliphatic rings. The molecule has 0 fully saturated rings. The van der Waals surface area contributed by atoms with Crippen LogP contribution < -0.4 is 10.1 Å². The molecular weight excluding hydrogens is 356 g/mol. The maximum absolute atomic E-state index is 12.5. The van der Waals surface area contributed by atoms with E-state index in [1.807, 2.05) is 0 Å². The molecule has 0 radical (unpaired) electrons. The van der Waals surface area contributed by atoms with E-state index in [4.69, 9.17) is 11.2 Å². The first-order valence-corrected chi connectivity index (χ1v) is 8.69. The lowest BCUT2D eigenvalue weighted by Crippen LogP contribution is -2.42. The lowest BCUT2D eigenvalue weighted by atomic mass is 10.1. The van der Waals surface area contributed by atoms with Crippen LogP contribution in [-0.2, 0) is 9.59 Å². The number of carbonyl (C=O) groups is 3. The molecule has 0 spiro atoms. The van der Waals surface area contributed by atoms with Gasteiger partial charge in [-0.05, 0) is 44.2 Å². The zero-order valence-corrected chi connectivity index (χ0v) is 16.1. The molecule has 0 bridgehead atoms. The molecule has 28 heavy (non-hydrogen) atoms. The van der Waals surface area contributed by atoms with Gasteiger partial charge in [-0.2, -0.15) is 0 Å². The van der Waals surface area contributed by atoms with Crippen LogP contribution in [0.1, 0.15) is 29.8 Å². The van der Waals surface area contributed by atoms with E-state index >= 15 is 0 Å². The largest absolute Gasteiger partial charge is 0.481 e. The number of anilines is 1. The number of likely N-dealkylation sites (N-methyl/N-ethyl adjacent to an activating group) is 1. The average Bonchev–Trinajstić information content (AvgIpc) is 2.67. The van der Waals surface area contributed by atoms with Gasteiger partial charge >= 0.3 is 0 Å². The number of hydrogen-bond acceptors (Lipinski definition) is 4. The molecule has 1 N–H and O–H groups in total. The SMILES string of the molecule is C#Cc1cccc(NC(=O)CN(C)C(=O)C(C)Oc2cccc(C(C)=O)c2)c1. The van der Waals surface area contributed by atoms with Crippen molar-refractivity contribution >= 4 is 23.3 Å². The summed E-state index contributed by atoms with van der Waals surface area (Å²) in [4.78, 5) is 37.4. The molecule has 2 aromatic carbocycles. The number of ketones is 1. The molecule has 0 heterocycles. The first-order valence-electron chi connectivity index (χ1n) is 8.69. The molecule has 1 atom stereocenters. The van der Waals surface area contributed by atoms with Crippen molar-refractivity contribution in [1.29, 1.82) is 0 Å². The van der Waals surface area contributed by atoms with Crippen molar-refractivity contribution in [2.24, 2.45) is 0 Å². The first-order chi connectivity index (χ1) is 13.3. The molecule has 2 rings (SSSR count). The average molecular weight is 378 g/mol. The normalized spacial score (nSPS) is 11.1. The standard InChI is InChI=1S/C22H22N2O4/c1-5-17-8-6-10-19(12-17)23-21(26)14-24(4)22(27)16(3)28-20-11-7-9-18(13-20)15(2)25/h1,6-13,16H,14H2,2-4H3,(H,23,26). The second-order valence-electron chi connectivity index (χ2n) is 6.31. The number of Topliss-reactive ketones (excluding diaryl/α,β-unsaturated/α-hetero) is 1. The minimum Gasteiger partial charge on any atom is -0.481 e. The fourth-order valence-electron chi connectivity index (χ4n) is 2.53. The molecular formula is C22H22N2O4. The first kappa shape index (κ1) is 20.7. The van der Waals surface area contributed by atoms with Gasteiger partial charge in [0, 0.05) is 23.9 Å². The summed E-state index contributed by atoms with van der Waals surface area (Å²) in [6, 6.07) is 13.5. The van der Waals surface area contributed by atoms with Crippen molar-refractivity contribution in [2.75, 3.05) is 18.9 Å². The summed E-state index contributed by atoms with van der Waals surface area (Å²) in [6.07, 6.45) is 4.53. The molecule has 1 unspecified atom stereocenters. The molecule has 0 aliphatic carbocycles. The summed E-state index contributed by atoms with van der Waals surface area (Å²) in [6.45, 7) is 2.91. The van der Waals surface area contributed by atoms with Gasteiger partial charge in [0.05, 0.1) is 6.54 Å². The lowest BCUT2D eigenvalue weighted by Gasteiger charge is -2.22. The van der Waals surface area contributed by atoms with Gasteiger partial charge in [0.1, 0.15) is 5.75 Å². The van der Waals surface area contributed by atoms with Gasteiger partial charge in [-0.15, -0.1) is 6.42 Å². The van der Waals surface area contributed by atoms with Crippen molar-refractivity contribution in [3.63, 3.8) is 0 Å². The summed E-state index contributed by atoms with van der Waals surface area (Å²) in [5.74, 6) is 2.11. The number of nitrogens with zero attached hydrogens (tertiary/aromatic N) is 1. The van der Waals surface area contributed by atoms with Crippen LogP contribution in [0.4, 0.5) is 5.69 Å². The van der Waals surface area contributed by atoms with E-state index in [2.05, 4.69) is 11.2 Å². The Labute approximate surface area is 164 Å². The number of hydrogen-bond donors (Lipinski definition) is 1. The number of rotatable bonds is 7. The lowest BCUT2D eigenvalue weighted by molar-refractivity contribution is -0.139. The van der Waals surface area contributed by atoms with Gasteiger partial charge < -0.3 is 15.0 Å². The molecule has 6 heteroatoms. The number of nitrogens with one attached hydrogen (secondary N) is 1. The fourth-order valence-corrected chi connectivity index (χ4v) is 2.53. The molecule has 6 nitrogen and oxygen atoms in total. The van der Waals surface area contributed by atoms with Crippen molar-refractivity contribution in [3.05, 3.63) is 59.7 Å². The molecule has 0 saturated heterocycles. The monoisotopic (exact) mass is 378 g/mol. The second-order valence-corrected chi connectivity index (χ2v) is 6.31. The van der Waals surface area contributed by atoms with Crippen LogP contribution >= 0.6 is 0 Å². The van der Waals surface area contributed by atoms with Gasteiger partial charge in [0.25, 0.3) is 5.91 Å². The highest BCUT2D eigenvalue weighted by Gasteiger charge is 2.21. The number of ether oxygens (including phenoxy) is 1. The Morgan fingerprint density at radius 3 is 2.57 bits per heavy atom. The molecule has 144 valence electrons. The summed E-state index contributed by atoms with van der Waals surface area (Å²) >= 11 is 0. The van der Waals surface area contributed by atoms with Crippen LogP contribution in [0.5, 0.6) is 5.75 Å². The quantitative estimate of drug-likeness (QED) is 0.594. The van der Waals surface area contributed by atoms with Crippen LogP contribution in [-0.4, -0.2) is 42.2 Å². The minimum absolute atomic E-state index is 0.0906. The maximum Gasteiger partial charge on any atom is 0.263 e. The third-order valence-corrected chi connectivity index (χ3v) is 3.97. The van der Waals surface area contributed by atoms with Gasteiger partial charge in [-0.3, -0.25) is 14.4 Å². The van der Waals surface area contributed by atoms with E-state index < -0.39 is 6.10 Å². The molecule has 0 aromatic heterocycles. The van der Waals surface area contributed by atoms with E-state index in [1.54, 1.807) is 55.5 Å². The number of benzene rings is 2. The molecule has 0 aliphatic heterocycles. The zero-order chi connectivity index (χ0) is 20.7. The number of amides is 2. The Morgan fingerprint density at radius 2 is 1.89 bits per heavy atom. The van der Waals surface area contributed by atoms with Crippen molar-refractivity contribution in [2.45, 2.75) is 20.0 Å². The van der Waals surface area contributed by atoms with Crippen LogP contribution in [0.2, 0.25) is 0 Å². The predicted octanol–water partition coefficient (Wildman–Crippen LogP) is 2.73. The Balaban J connectivity index is 1.93. The molecule has 2 amide bonds.